The van der Waals surface area contributed by atoms with Crippen LogP contribution in [0.1, 0.15) is 13.3 Å². The summed E-state index contributed by atoms with van der Waals surface area (Å²) in [6.45, 7) is 3.24. The Morgan fingerprint density at radius 2 is 2.09 bits per heavy atom. The number of aromatic nitrogens is 4. The monoisotopic (exact) mass is 318 g/mol. The van der Waals surface area contributed by atoms with Gasteiger partial charge in [-0.1, -0.05) is 30.8 Å². The quantitative estimate of drug-likeness (QED) is 0.515. The molecule has 3 aromatic rings. The van der Waals surface area contributed by atoms with Crippen LogP contribution in [0.3, 0.4) is 0 Å². The minimum absolute atomic E-state index is 0.0281. The summed E-state index contributed by atoms with van der Waals surface area (Å²) in [5, 5.41) is 9.99. The molecule has 0 N–H and O–H groups in total. The third-order valence-electron chi connectivity index (χ3n) is 3.48. The molecule has 116 valence electrons. The first kappa shape index (κ1) is 15.1. The lowest BCUT2D eigenvalue weighted by Gasteiger charge is -2.10. The SMILES string of the molecule is CCSc1nnc2n(CCCOC)c(=O)c3ccccc3n12. The van der Waals surface area contributed by atoms with Crippen LogP contribution in [0.5, 0.6) is 0 Å². The van der Waals surface area contributed by atoms with E-state index in [4.69, 9.17) is 4.74 Å². The van der Waals surface area contributed by atoms with Gasteiger partial charge >= 0.3 is 0 Å². The summed E-state index contributed by atoms with van der Waals surface area (Å²) in [7, 11) is 1.66. The number of thioether (sulfide) groups is 1. The molecule has 0 saturated heterocycles. The number of fused-ring (bicyclic) bond motifs is 3. The zero-order valence-corrected chi connectivity index (χ0v) is 13.5. The van der Waals surface area contributed by atoms with Crippen molar-refractivity contribution >= 4 is 28.4 Å². The fraction of sp³-hybridized carbons (Fsp3) is 0.400. The smallest absolute Gasteiger partial charge is 0.262 e. The molecule has 6 nitrogen and oxygen atoms in total. The normalized spacial score (nSPS) is 11.5. The van der Waals surface area contributed by atoms with E-state index in [-0.39, 0.29) is 5.56 Å². The van der Waals surface area contributed by atoms with Gasteiger partial charge < -0.3 is 4.74 Å². The first-order valence-corrected chi connectivity index (χ1v) is 8.25. The molecule has 0 aliphatic carbocycles. The van der Waals surface area contributed by atoms with Gasteiger partial charge in [0, 0.05) is 20.3 Å². The Morgan fingerprint density at radius 1 is 1.27 bits per heavy atom. The van der Waals surface area contributed by atoms with Crippen molar-refractivity contribution in [3.8, 4) is 0 Å². The molecule has 0 unspecified atom stereocenters. The second kappa shape index (κ2) is 6.50. The summed E-state index contributed by atoms with van der Waals surface area (Å²) < 4.78 is 8.74. The minimum Gasteiger partial charge on any atom is -0.385 e. The maximum atomic E-state index is 12.7. The highest BCUT2D eigenvalue weighted by Gasteiger charge is 2.15. The predicted octanol–water partition coefficient (Wildman–Crippen LogP) is 2.19. The summed E-state index contributed by atoms with van der Waals surface area (Å²) in [5.74, 6) is 1.49. The van der Waals surface area contributed by atoms with Crippen LogP contribution in [0, 0.1) is 0 Å². The second-order valence-electron chi connectivity index (χ2n) is 4.87. The molecule has 1 aromatic carbocycles. The van der Waals surface area contributed by atoms with Crippen LogP contribution in [0.15, 0.2) is 34.2 Å². The van der Waals surface area contributed by atoms with Gasteiger partial charge in [-0.3, -0.25) is 13.8 Å². The van der Waals surface area contributed by atoms with Gasteiger partial charge in [0.1, 0.15) is 0 Å². The van der Waals surface area contributed by atoms with E-state index in [1.807, 2.05) is 28.7 Å². The molecule has 0 amide bonds. The van der Waals surface area contributed by atoms with Crippen LogP contribution in [0.4, 0.5) is 0 Å². The standard InChI is InChI=1S/C15H18N4O2S/c1-3-22-15-17-16-14-18(9-6-10-21-2)13(20)11-7-4-5-8-12(11)19(14)15/h4-5,7-8H,3,6,9-10H2,1-2H3. The van der Waals surface area contributed by atoms with E-state index in [0.717, 1.165) is 22.8 Å². The minimum atomic E-state index is -0.0281. The lowest BCUT2D eigenvalue weighted by atomic mass is 10.2. The Morgan fingerprint density at radius 3 is 2.86 bits per heavy atom. The molecule has 2 heterocycles. The van der Waals surface area contributed by atoms with E-state index in [0.29, 0.717) is 24.3 Å². The Labute approximate surface area is 132 Å². The third kappa shape index (κ3) is 2.50. The van der Waals surface area contributed by atoms with Crippen molar-refractivity contribution in [2.75, 3.05) is 19.5 Å². The zero-order valence-electron chi connectivity index (χ0n) is 12.7. The van der Waals surface area contributed by atoms with Gasteiger partial charge in [0.25, 0.3) is 5.56 Å². The van der Waals surface area contributed by atoms with Gasteiger partial charge in [-0.2, -0.15) is 0 Å². The number of hydrogen-bond donors (Lipinski definition) is 0. The van der Waals surface area contributed by atoms with Crippen molar-refractivity contribution in [3.05, 3.63) is 34.6 Å². The Bertz CT molecular complexity index is 856. The van der Waals surface area contributed by atoms with Crippen LogP contribution >= 0.6 is 11.8 Å². The predicted molar refractivity (Wildman–Crippen MR) is 87.6 cm³/mol. The highest BCUT2D eigenvalue weighted by molar-refractivity contribution is 7.99. The van der Waals surface area contributed by atoms with Gasteiger partial charge in [0.15, 0.2) is 5.16 Å². The van der Waals surface area contributed by atoms with Crippen LogP contribution in [0.25, 0.3) is 16.7 Å². The zero-order chi connectivity index (χ0) is 15.5. The molecule has 0 atom stereocenters. The van der Waals surface area contributed by atoms with E-state index < -0.39 is 0 Å². The molecule has 0 fully saturated rings. The summed E-state index contributed by atoms with van der Waals surface area (Å²) in [5.41, 5.74) is 0.825. The molecule has 0 spiro atoms. The van der Waals surface area contributed by atoms with E-state index in [9.17, 15) is 4.79 Å². The molecule has 0 aliphatic heterocycles. The number of nitrogens with zero attached hydrogens (tertiary/aromatic N) is 4. The van der Waals surface area contributed by atoms with E-state index in [1.54, 1.807) is 23.4 Å². The Hall–Kier alpha value is -1.86. The lowest BCUT2D eigenvalue weighted by molar-refractivity contribution is 0.190. The molecule has 7 heteroatoms. The molecule has 0 radical (unpaired) electrons. The summed E-state index contributed by atoms with van der Waals surface area (Å²) in [6, 6.07) is 7.60. The van der Waals surface area contributed by atoms with Crippen molar-refractivity contribution in [3.63, 3.8) is 0 Å². The molecule has 22 heavy (non-hydrogen) atoms. The maximum Gasteiger partial charge on any atom is 0.262 e. The number of ether oxygens (including phenoxy) is 1. The molecule has 0 aliphatic rings. The van der Waals surface area contributed by atoms with Crippen LogP contribution in [0.2, 0.25) is 0 Å². The average molecular weight is 318 g/mol. The molecular formula is C15H18N4O2S. The van der Waals surface area contributed by atoms with E-state index in [1.165, 1.54) is 0 Å². The topological polar surface area (TPSA) is 61.4 Å². The summed E-state index contributed by atoms with van der Waals surface area (Å²) in [6.07, 6.45) is 0.757. The fourth-order valence-corrected chi connectivity index (χ4v) is 3.19. The number of para-hydroxylation sites is 1. The number of hydrogen-bond acceptors (Lipinski definition) is 5. The number of rotatable bonds is 6. The third-order valence-corrected chi connectivity index (χ3v) is 4.29. The molecule has 0 saturated carbocycles. The van der Waals surface area contributed by atoms with E-state index in [2.05, 4.69) is 17.1 Å². The maximum absolute atomic E-state index is 12.7. The molecule has 3 rings (SSSR count). The van der Waals surface area contributed by atoms with Crippen molar-refractivity contribution in [2.24, 2.45) is 0 Å². The Balaban J connectivity index is 2.28. The first-order chi connectivity index (χ1) is 10.8. The van der Waals surface area contributed by atoms with Crippen molar-refractivity contribution in [1.82, 2.24) is 19.2 Å². The Kier molecular flexibility index (Phi) is 4.44. The number of benzene rings is 1. The lowest BCUT2D eigenvalue weighted by Crippen LogP contribution is -2.24. The highest BCUT2D eigenvalue weighted by atomic mass is 32.2. The molecule has 0 bridgehead atoms. The second-order valence-corrected chi connectivity index (χ2v) is 6.10. The van der Waals surface area contributed by atoms with Gasteiger partial charge in [0.05, 0.1) is 10.9 Å². The molecule has 2 aromatic heterocycles. The fourth-order valence-electron chi connectivity index (χ4n) is 2.52. The highest BCUT2D eigenvalue weighted by Crippen LogP contribution is 2.21. The average Bonchev–Trinajstić information content (AvgIpc) is 2.95. The van der Waals surface area contributed by atoms with Crippen molar-refractivity contribution in [2.45, 2.75) is 25.0 Å². The van der Waals surface area contributed by atoms with Crippen molar-refractivity contribution in [1.29, 1.82) is 0 Å². The van der Waals surface area contributed by atoms with Gasteiger partial charge in [-0.25, -0.2) is 0 Å². The van der Waals surface area contributed by atoms with Crippen LogP contribution < -0.4 is 5.56 Å². The van der Waals surface area contributed by atoms with Gasteiger partial charge in [0.2, 0.25) is 5.78 Å². The van der Waals surface area contributed by atoms with Gasteiger partial charge in [-0.15, -0.1) is 10.2 Å². The molecular weight excluding hydrogens is 300 g/mol. The largest absolute Gasteiger partial charge is 0.385 e. The van der Waals surface area contributed by atoms with Crippen molar-refractivity contribution < 1.29 is 4.74 Å². The van der Waals surface area contributed by atoms with Crippen LogP contribution in [-0.4, -0.2) is 38.6 Å². The first-order valence-electron chi connectivity index (χ1n) is 7.26. The summed E-state index contributed by atoms with van der Waals surface area (Å²) >= 11 is 1.62. The summed E-state index contributed by atoms with van der Waals surface area (Å²) in [4.78, 5) is 12.7. The van der Waals surface area contributed by atoms with E-state index >= 15 is 0 Å². The number of methoxy groups -OCH3 is 1. The number of aryl methyl sites for hydroxylation is 1. The van der Waals surface area contributed by atoms with Gasteiger partial charge in [-0.05, 0) is 24.3 Å². The van der Waals surface area contributed by atoms with Crippen LogP contribution in [-0.2, 0) is 11.3 Å².